The topological polar surface area (TPSA) is 50.4 Å². The Morgan fingerprint density at radius 1 is 1.20 bits per heavy atom. The van der Waals surface area contributed by atoms with Crippen molar-refractivity contribution >= 4 is 34.2 Å². The third-order valence-electron chi connectivity index (χ3n) is 4.14. The van der Waals surface area contributed by atoms with Gasteiger partial charge in [0.05, 0.1) is 17.5 Å². The van der Waals surface area contributed by atoms with Gasteiger partial charge in [-0.2, -0.15) is 0 Å². The molecular formula is C19H22BrClN2O2. The van der Waals surface area contributed by atoms with Crippen LogP contribution in [-0.2, 0) is 11.2 Å². The summed E-state index contributed by atoms with van der Waals surface area (Å²) in [4.78, 5) is 12.0. The van der Waals surface area contributed by atoms with Gasteiger partial charge in [-0.3, -0.25) is 4.79 Å². The van der Waals surface area contributed by atoms with Gasteiger partial charge in [-0.05, 0) is 52.2 Å². The van der Waals surface area contributed by atoms with Crippen molar-refractivity contribution in [3.63, 3.8) is 0 Å². The Kier molecular flexibility index (Phi) is 7.75. The molecule has 0 fully saturated rings. The van der Waals surface area contributed by atoms with Crippen molar-refractivity contribution in [2.75, 3.05) is 19.7 Å². The van der Waals surface area contributed by atoms with Crippen LogP contribution in [0.1, 0.15) is 23.6 Å². The van der Waals surface area contributed by atoms with E-state index < -0.39 is 0 Å². The molecule has 6 heteroatoms. The van der Waals surface area contributed by atoms with Gasteiger partial charge in [-0.15, -0.1) is 12.4 Å². The van der Waals surface area contributed by atoms with Crippen molar-refractivity contribution in [2.24, 2.45) is 0 Å². The second-order valence-corrected chi connectivity index (χ2v) is 6.64. The van der Waals surface area contributed by atoms with Crippen LogP contribution in [-0.4, -0.2) is 25.6 Å². The van der Waals surface area contributed by atoms with Gasteiger partial charge in [0.15, 0.2) is 0 Å². The number of hydrogen-bond acceptors (Lipinski definition) is 3. The van der Waals surface area contributed by atoms with E-state index in [0.29, 0.717) is 19.6 Å². The molecule has 134 valence electrons. The third kappa shape index (κ3) is 5.46. The molecule has 1 heterocycles. The average molecular weight is 426 g/mol. The number of ether oxygens (including phenoxy) is 1. The zero-order valence-electron chi connectivity index (χ0n) is 13.8. The smallest absolute Gasteiger partial charge is 0.223 e. The summed E-state index contributed by atoms with van der Waals surface area (Å²) in [6.45, 7) is 1.91. The molecule has 0 bridgehead atoms. The maximum Gasteiger partial charge on any atom is 0.223 e. The highest BCUT2D eigenvalue weighted by molar-refractivity contribution is 9.10. The fourth-order valence-corrected chi connectivity index (χ4v) is 3.29. The molecule has 0 saturated heterocycles. The summed E-state index contributed by atoms with van der Waals surface area (Å²) < 4.78 is 6.53. The average Bonchev–Trinajstić information content (AvgIpc) is 2.61. The molecule has 1 aliphatic rings. The summed E-state index contributed by atoms with van der Waals surface area (Å²) in [5.74, 6) is 0.764. The Balaban J connectivity index is 0.00000225. The first kappa shape index (κ1) is 19.8. The van der Waals surface area contributed by atoms with Crippen LogP contribution in [0.15, 0.2) is 53.0 Å². The molecule has 0 spiro atoms. The van der Waals surface area contributed by atoms with Gasteiger partial charge in [-0.25, -0.2) is 0 Å². The predicted octanol–water partition coefficient (Wildman–Crippen LogP) is 3.64. The van der Waals surface area contributed by atoms with Crippen LogP contribution >= 0.6 is 28.3 Å². The molecule has 4 nitrogen and oxygen atoms in total. The normalized spacial score (nSPS) is 15.6. The lowest BCUT2D eigenvalue weighted by Crippen LogP contribution is -2.39. The number of carbonyl (C=O) groups excluding carboxylic acids is 1. The van der Waals surface area contributed by atoms with Crippen LogP contribution in [0.3, 0.4) is 0 Å². The van der Waals surface area contributed by atoms with E-state index in [1.165, 1.54) is 11.1 Å². The summed E-state index contributed by atoms with van der Waals surface area (Å²) in [6, 6.07) is 16.2. The van der Waals surface area contributed by atoms with Crippen LogP contribution in [0.5, 0.6) is 5.75 Å². The Morgan fingerprint density at radius 2 is 1.96 bits per heavy atom. The van der Waals surface area contributed by atoms with Crippen molar-refractivity contribution in [2.45, 2.75) is 18.9 Å². The number of carbonyl (C=O) groups is 1. The lowest BCUT2D eigenvalue weighted by molar-refractivity contribution is -0.121. The number of halogens is 2. The lowest BCUT2D eigenvalue weighted by atomic mass is 9.94. The van der Waals surface area contributed by atoms with E-state index >= 15 is 0 Å². The number of nitrogens with one attached hydrogen (secondary N) is 2. The second kappa shape index (κ2) is 9.80. The quantitative estimate of drug-likeness (QED) is 0.743. The summed E-state index contributed by atoms with van der Waals surface area (Å²) >= 11 is 3.43. The molecule has 1 atom stereocenters. The molecule has 2 aromatic rings. The summed E-state index contributed by atoms with van der Waals surface area (Å²) in [6.07, 6.45) is 1.39. The van der Waals surface area contributed by atoms with Crippen LogP contribution in [0.25, 0.3) is 0 Å². The molecule has 2 aromatic carbocycles. The van der Waals surface area contributed by atoms with E-state index in [9.17, 15) is 4.79 Å². The molecule has 1 unspecified atom stereocenters. The minimum atomic E-state index is 0. The third-order valence-corrected chi connectivity index (χ3v) is 4.80. The van der Waals surface area contributed by atoms with E-state index in [-0.39, 0.29) is 24.4 Å². The number of hydrogen-bond donors (Lipinski definition) is 2. The van der Waals surface area contributed by atoms with E-state index in [0.717, 1.165) is 23.2 Å². The lowest BCUT2D eigenvalue weighted by Gasteiger charge is -2.27. The van der Waals surface area contributed by atoms with E-state index in [2.05, 4.69) is 44.8 Å². The van der Waals surface area contributed by atoms with Gasteiger partial charge in [0, 0.05) is 12.6 Å². The van der Waals surface area contributed by atoms with Crippen LogP contribution in [0, 0.1) is 0 Å². The zero-order valence-corrected chi connectivity index (χ0v) is 16.2. The number of fused-ring (bicyclic) bond motifs is 1. The molecule has 25 heavy (non-hydrogen) atoms. The fourth-order valence-electron chi connectivity index (χ4n) is 2.89. The first-order valence-electron chi connectivity index (χ1n) is 8.19. The molecule has 0 aromatic heterocycles. The molecule has 0 aliphatic carbocycles. The zero-order chi connectivity index (χ0) is 16.8. The number of rotatable bonds is 6. The Hall–Kier alpha value is -1.56. The highest BCUT2D eigenvalue weighted by Gasteiger charge is 2.19. The van der Waals surface area contributed by atoms with Gasteiger partial charge in [0.1, 0.15) is 5.75 Å². The van der Waals surface area contributed by atoms with Crippen molar-refractivity contribution in [3.8, 4) is 5.75 Å². The molecule has 3 rings (SSSR count). The predicted molar refractivity (Wildman–Crippen MR) is 105 cm³/mol. The molecule has 0 radical (unpaired) electrons. The monoisotopic (exact) mass is 424 g/mol. The minimum Gasteiger partial charge on any atom is -0.492 e. The maximum atomic E-state index is 12.0. The second-order valence-electron chi connectivity index (χ2n) is 5.79. The molecular weight excluding hydrogens is 404 g/mol. The van der Waals surface area contributed by atoms with Gasteiger partial charge in [0.2, 0.25) is 5.91 Å². The highest BCUT2D eigenvalue weighted by atomic mass is 79.9. The van der Waals surface area contributed by atoms with Crippen molar-refractivity contribution in [1.82, 2.24) is 10.6 Å². The number of benzene rings is 2. The van der Waals surface area contributed by atoms with Crippen LogP contribution in [0.2, 0.25) is 0 Å². The van der Waals surface area contributed by atoms with Gasteiger partial charge in [-0.1, -0.05) is 36.4 Å². The summed E-state index contributed by atoms with van der Waals surface area (Å²) in [7, 11) is 0. The van der Waals surface area contributed by atoms with Gasteiger partial charge >= 0.3 is 0 Å². The Morgan fingerprint density at radius 3 is 2.80 bits per heavy atom. The SMILES string of the molecule is Cl.O=C(CCOc1ccccc1Br)NCC1NCCc2ccccc21. The van der Waals surface area contributed by atoms with Crippen LogP contribution < -0.4 is 15.4 Å². The Bertz CT molecular complexity index is 711. The van der Waals surface area contributed by atoms with E-state index in [4.69, 9.17) is 4.74 Å². The van der Waals surface area contributed by atoms with Crippen molar-refractivity contribution in [1.29, 1.82) is 0 Å². The Labute approximate surface area is 162 Å². The first-order valence-corrected chi connectivity index (χ1v) is 8.98. The maximum absolute atomic E-state index is 12.0. The minimum absolute atomic E-state index is 0. The summed E-state index contributed by atoms with van der Waals surface area (Å²) in [5, 5.41) is 6.47. The number of amides is 1. The van der Waals surface area contributed by atoms with Crippen molar-refractivity contribution < 1.29 is 9.53 Å². The van der Waals surface area contributed by atoms with E-state index in [1.54, 1.807) is 0 Å². The fraction of sp³-hybridized carbons (Fsp3) is 0.316. The highest BCUT2D eigenvalue weighted by Crippen LogP contribution is 2.24. The number of para-hydroxylation sites is 1. The van der Waals surface area contributed by atoms with E-state index in [1.807, 2.05) is 30.3 Å². The molecule has 2 N–H and O–H groups in total. The molecule has 1 amide bonds. The van der Waals surface area contributed by atoms with Crippen molar-refractivity contribution in [3.05, 3.63) is 64.1 Å². The first-order chi connectivity index (χ1) is 11.7. The summed E-state index contributed by atoms with van der Waals surface area (Å²) in [5.41, 5.74) is 2.65. The van der Waals surface area contributed by atoms with Gasteiger partial charge in [0.25, 0.3) is 0 Å². The van der Waals surface area contributed by atoms with Gasteiger partial charge < -0.3 is 15.4 Å². The van der Waals surface area contributed by atoms with Crippen LogP contribution in [0.4, 0.5) is 0 Å². The standard InChI is InChI=1S/C19H21BrN2O2.ClH/c20-16-7-3-4-8-18(16)24-12-10-19(23)22-13-17-15-6-2-1-5-14(15)9-11-21-17;/h1-8,17,21H,9-13H2,(H,22,23);1H. The largest absolute Gasteiger partial charge is 0.492 e. The molecule has 1 aliphatic heterocycles. The molecule has 0 saturated carbocycles.